The Morgan fingerprint density at radius 2 is 1.79 bits per heavy atom. The second-order valence-corrected chi connectivity index (χ2v) is 5.83. The van der Waals surface area contributed by atoms with Crippen molar-refractivity contribution >= 4 is 6.29 Å². The maximum absolute atomic E-state index is 11.2. The number of aromatic hydroxyl groups is 1. The van der Waals surface area contributed by atoms with Gasteiger partial charge < -0.3 is 14.6 Å². The Hall–Kier alpha value is -3.01. The van der Waals surface area contributed by atoms with Gasteiger partial charge in [0.15, 0.2) is 6.29 Å². The molecule has 1 N–H and O–H groups in total. The molecule has 0 aliphatic carbocycles. The molecule has 2 aromatic carbocycles. The van der Waals surface area contributed by atoms with Gasteiger partial charge in [0.05, 0.1) is 12.7 Å². The number of hydrogen-bond donors (Lipinski definition) is 1. The van der Waals surface area contributed by atoms with E-state index in [9.17, 15) is 9.90 Å². The summed E-state index contributed by atoms with van der Waals surface area (Å²) in [6, 6.07) is 12.6. The number of rotatable bonds is 8. The second kappa shape index (κ2) is 12.4. The lowest BCUT2D eigenvalue weighted by atomic mass is 9.92. The molecule has 0 amide bonds. The molecule has 0 bridgehead atoms. The highest BCUT2D eigenvalue weighted by molar-refractivity contribution is 5.83. The average molecular weight is 383 g/mol. The molecule has 28 heavy (non-hydrogen) atoms. The van der Waals surface area contributed by atoms with E-state index in [1.807, 2.05) is 63.3 Å². The van der Waals surface area contributed by atoms with Crippen LogP contribution < -0.4 is 9.47 Å². The molecule has 0 heterocycles. The summed E-state index contributed by atoms with van der Waals surface area (Å²) in [5, 5.41) is 9.80. The first kappa shape index (κ1) is 23.0. The maximum atomic E-state index is 11.2. The number of carbonyl (C=O) groups excluding carboxylic acids is 1. The van der Waals surface area contributed by atoms with Crippen molar-refractivity contribution in [1.29, 1.82) is 0 Å². The van der Waals surface area contributed by atoms with Crippen LogP contribution in [0, 0.1) is 0 Å². The predicted molar refractivity (Wildman–Crippen MR) is 115 cm³/mol. The van der Waals surface area contributed by atoms with Crippen LogP contribution in [0.4, 0.5) is 0 Å². The van der Waals surface area contributed by atoms with Gasteiger partial charge in [-0.15, -0.1) is 0 Å². The molecule has 2 aromatic rings. The average Bonchev–Trinajstić information content (AvgIpc) is 2.74. The van der Waals surface area contributed by atoms with Gasteiger partial charge in [-0.3, -0.25) is 4.79 Å². The van der Waals surface area contributed by atoms with E-state index >= 15 is 0 Å². The minimum Gasteiger partial charge on any atom is -0.507 e. The highest BCUT2D eigenvalue weighted by atomic mass is 16.5. The van der Waals surface area contributed by atoms with E-state index in [0.29, 0.717) is 12.0 Å². The Labute approximate surface area is 168 Å². The fourth-order valence-electron chi connectivity index (χ4n) is 2.70. The summed E-state index contributed by atoms with van der Waals surface area (Å²) >= 11 is 0. The van der Waals surface area contributed by atoms with E-state index in [1.54, 1.807) is 19.2 Å². The van der Waals surface area contributed by atoms with Crippen molar-refractivity contribution in [2.24, 2.45) is 0 Å². The number of para-hydroxylation sites is 1. The van der Waals surface area contributed by atoms with Crippen LogP contribution in [0.25, 0.3) is 0 Å². The van der Waals surface area contributed by atoms with Crippen LogP contribution in [-0.4, -0.2) is 25.1 Å². The molecule has 0 radical (unpaired) electrons. The lowest BCUT2D eigenvalue weighted by Crippen LogP contribution is -2.10. The SMILES string of the molecule is C/C=C\C=C(\COc1cccc(O)c1C=O)C(C)c1ccccc1OC.CC. The number of ether oxygens (including phenoxy) is 2. The van der Waals surface area contributed by atoms with Gasteiger partial charge in [0.1, 0.15) is 23.9 Å². The number of phenols is 1. The first-order valence-electron chi connectivity index (χ1n) is 9.47. The molecule has 0 fully saturated rings. The Morgan fingerprint density at radius 3 is 2.43 bits per heavy atom. The fourth-order valence-corrected chi connectivity index (χ4v) is 2.70. The summed E-state index contributed by atoms with van der Waals surface area (Å²) in [4.78, 5) is 11.2. The lowest BCUT2D eigenvalue weighted by Gasteiger charge is -2.20. The minimum absolute atomic E-state index is 0.0549. The summed E-state index contributed by atoms with van der Waals surface area (Å²) in [7, 11) is 1.65. The zero-order valence-electron chi connectivity index (χ0n) is 17.3. The molecule has 4 heteroatoms. The monoisotopic (exact) mass is 382 g/mol. The lowest BCUT2D eigenvalue weighted by molar-refractivity contribution is 0.111. The van der Waals surface area contributed by atoms with Crippen LogP contribution in [0.5, 0.6) is 17.2 Å². The number of carbonyl (C=O) groups is 1. The third-order valence-corrected chi connectivity index (χ3v) is 4.22. The number of aldehydes is 1. The van der Waals surface area contributed by atoms with E-state index < -0.39 is 0 Å². The molecular formula is C24H30O4. The summed E-state index contributed by atoms with van der Waals surface area (Å²) in [5.74, 6) is 1.14. The molecule has 0 saturated carbocycles. The summed E-state index contributed by atoms with van der Waals surface area (Å²) in [6.45, 7) is 8.32. The van der Waals surface area contributed by atoms with E-state index in [1.165, 1.54) is 6.07 Å². The second-order valence-electron chi connectivity index (χ2n) is 5.83. The van der Waals surface area contributed by atoms with Crippen LogP contribution in [0.2, 0.25) is 0 Å². The van der Waals surface area contributed by atoms with Crippen molar-refractivity contribution in [1.82, 2.24) is 0 Å². The Bertz CT molecular complexity index is 806. The summed E-state index contributed by atoms with van der Waals surface area (Å²) in [5.41, 5.74) is 2.23. The fraction of sp³-hybridized carbons (Fsp3) is 0.292. The van der Waals surface area contributed by atoms with Crippen molar-refractivity contribution < 1.29 is 19.4 Å². The Morgan fingerprint density at radius 1 is 1.11 bits per heavy atom. The molecule has 1 unspecified atom stereocenters. The van der Waals surface area contributed by atoms with Crippen molar-refractivity contribution in [3.63, 3.8) is 0 Å². The topological polar surface area (TPSA) is 55.8 Å². The van der Waals surface area contributed by atoms with Crippen LogP contribution in [-0.2, 0) is 0 Å². The van der Waals surface area contributed by atoms with Gasteiger partial charge in [0.2, 0.25) is 0 Å². The van der Waals surface area contributed by atoms with Crippen molar-refractivity contribution in [3.8, 4) is 17.2 Å². The van der Waals surface area contributed by atoms with Crippen LogP contribution in [0.15, 0.2) is 66.3 Å². The highest BCUT2D eigenvalue weighted by Crippen LogP contribution is 2.32. The molecular weight excluding hydrogens is 352 g/mol. The third-order valence-electron chi connectivity index (χ3n) is 4.22. The molecule has 4 nitrogen and oxygen atoms in total. The standard InChI is InChI=1S/C22H24O4.C2H6/c1-4-5-9-17(16(2)18-10-6-7-12-21(18)25-3)15-26-22-13-8-11-20(24)19(22)14-23;1-2/h4-14,16,24H,15H2,1-3H3;1-2H3/b5-4-,17-9-;. The van der Waals surface area contributed by atoms with Crippen LogP contribution >= 0.6 is 0 Å². The molecule has 0 spiro atoms. The van der Waals surface area contributed by atoms with Gasteiger partial charge in [-0.05, 0) is 30.7 Å². The summed E-state index contributed by atoms with van der Waals surface area (Å²) in [6.07, 6.45) is 6.50. The maximum Gasteiger partial charge on any atom is 0.157 e. The van der Waals surface area contributed by atoms with Crippen LogP contribution in [0.1, 0.15) is 49.5 Å². The van der Waals surface area contributed by atoms with Crippen molar-refractivity contribution in [2.45, 2.75) is 33.6 Å². The number of methoxy groups -OCH3 is 1. The quantitative estimate of drug-likeness (QED) is 0.454. The molecule has 0 saturated heterocycles. The van der Waals surface area contributed by atoms with Crippen LogP contribution in [0.3, 0.4) is 0 Å². The molecule has 150 valence electrons. The number of phenolic OH excluding ortho intramolecular Hbond substituents is 1. The molecule has 0 aliphatic heterocycles. The van der Waals surface area contributed by atoms with E-state index in [-0.39, 0.29) is 23.8 Å². The van der Waals surface area contributed by atoms with Gasteiger partial charge in [-0.2, -0.15) is 0 Å². The Kier molecular flexibility index (Phi) is 10.2. The molecule has 0 aromatic heterocycles. The van der Waals surface area contributed by atoms with Gasteiger partial charge in [-0.25, -0.2) is 0 Å². The first-order valence-corrected chi connectivity index (χ1v) is 9.47. The minimum atomic E-state index is -0.0886. The van der Waals surface area contributed by atoms with Crippen molar-refractivity contribution in [3.05, 3.63) is 77.4 Å². The van der Waals surface area contributed by atoms with Gasteiger partial charge in [0, 0.05) is 11.5 Å². The van der Waals surface area contributed by atoms with Gasteiger partial charge in [-0.1, -0.05) is 63.3 Å². The zero-order valence-corrected chi connectivity index (χ0v) is 17.3. The van der Waals surface area contributed by atoms with E-state index in [2.05, 4.69) is 6.92 Å². The van der Waals surface area contributed by atoms with Crippen molar-refractivity contribution in [2.75, 3.05) is 13.7 Å². The van der Waals surface area contributed by atoms with Gasteiger partial charge in [0.25, 0.3) is 0 Å². The third kappa shape index (κ3) is 6.02. The zero-order chi connectivity index (χ0) is 20.9. The largest absolute Gasteiger partial charge is 0.507 e. The molecule has 1 atom stereocenters. The number of benzene rings is 2. The van der Waals surface area contributed by atoms with E-state index in [0.717, 1.165) is 16.9 Å². The number of allylic oxidation sites excluding steroid dienone is 3. The molecule has 2 rings (SSSR count). The van der Waals surface area contributed by atoms with Gasteiger partial charge >= 0.3 is 0 Å². The smallest absolute Gasteiger partial charge is 0.157 e. The normalized spacial score (nSPS) is 12.1. The van der Waals surface area contributed by atoms with E-state index in [4.69, 9.17) is 9.47 Å². The molecule has 0 aliphatic rings. The highest BCUT2D eigenvalue weighted by Gasteiger charge is 2.17. The number of hydrogen-bond acceptors (Lipinski definition) is 4. The summed E-state index contributed by atoms with van der Waals surface area (Å²) < 4.78 is 11.3. The first-order chi connectivity index (χ1) is 13.6. The Balaban J connectivity index is 0.00000190. The predicted octanol–water partition coefficient (Wildman–Crippen LogP) is 5.92.